The van der Waals surface area contributed by atoms with Gasteiger partial charge < -0.3 is 19.5 Å². The molecule has 30 heavy (non-hydrogen) atoms. The van der Waals surface area contributed by atoms with Crippen molar-refractivity contribution in [2.24, 2.45) is 0 Å². The van der Waals surface area contributed by atoms with Crippen LogP contribution in [0.2, 0.25) is 10.0 Å². The summed E-state index contributed by atoms with van der Waals surface area (Å²) >= 11 is 12.1. The molecule has 1 amide bonds. The van der Waals surface area contributed by atoms with E-state index >= 15 is 0 Å². The average molecular weight is 447 g/mol. The number of rotatable bonds is 5. The van der Waals surface area contributed by atoms with Gasteiger partial charge in [-0.1, -0.05) is 23.2 Å². The molecule has 1 heterocycles. The highest BCUT2D eigenvalue weighted by atomic mass is 35.5. The van der Waals surface area contributed by atoms with Gasteiger partial charge in [-0.3, -0.25) is 4.79 Å². The zero-order valence-corrected chi connectivity index (χ0v) is 17.3. The largest absolute Gasteiger partial charge is 0.486 e. The van der Waals surface area contributed by atoms with Crippen LogP contribution in [0.1, 0.15) is 18.1 Å². The van der Waals surface area contributed by atoms with E-state index in [-0.39, 0.29) is 5.02 Å². The lowest BCUT2D eigenvalue weighted by molar-refractivity contribution is -0.148. The van der Waals surface area contributed by atoms with Crippen LogP contribution in [0.5, 0.6) is 11.5 Å². The topological polar surface area (TPSA) is 97.7 Å². The van der Waals surface area contributed by atoms with E-state index in [9.17, 15) is 9.59 Å². The van der Waals surface area contributed by atoms with Gasteiger partial charge in [-0.15, -0.1) is 0 Å². The van der Waals surface area contributed by atoms with Gasteiger partial charge in [0.05, 0.1) is 15.6 Å². The van der Waals surface area contributed by atoms with Crippen LogP contribution in [0.15, 0.2) is 36.4 Å². The number of esters is 1. The molecule has 0 spiro atoms. The minimum absolute atomic E-state index is 0.209. The zero-order valence-electron chi connectivity index (χ0n) is 15.8. The number of halogens is 2. The number of amides is 1. The van der Waals surface area contributed by atoms with E-state index in [0.717, 1.165) is 0 Å². The molecule has 1 N–H and O–H groups in total. The Hall–Kier alpha value is -3.21. The first kappa shape index (κ1) is 21.5. The lowest BCUT2D eigenvalue weighted by Crippen LogP contribution is -2.29. The van der Waals surface area contributed by atoms with Crippen LogP contribution < -0.4 is 14.8 Å². The first-order valence-corrected chi connectivity index (χ1v) is 9.61. The van der Waals surface area contributed by atoms with E-state index in [4.69, 9.17) is 42.7 Å². The average Bonchev–Trinajstić information content (AvgIpc) is 2.72. The normalized spacial score (nSPS) is 13.4. The van der Waals surface area contributed by atoms with Gasteiger partial charge in [0.15, 0.2) is 17.6 Å². The summed E-state index contributed by atoms with van der Waals surface area (Å²) in [4.78, 5) is 24.3. The number of nitrogens with one attached hydrogen (secondary N) is 1. The monoisotopic (exact) mass is 446 g/mol. The summed E-state index contributed by atoms with van der Waals surface area (Å²) in [5, 5.41) is 12.0. The van der Waals surface area contributed by atoms with Crippen molar-refractivity contribution in [2.45, 2.75) is 13.0 Å². The number of nitriles is 1. The van der Waals surface area contributed by atoms with Crippen LogP contribution >= 0.6 is 23.2 Å². The van der Waals surface area contributed by atoms with Gasteiger partial charge in [0.2, 0.25) is 0 Å². The SMILES string of the molecule is C[C@@H](OC(=O)/C=C\c1cc(Cl)c2c(c1)OCCO2)C(=O)Nc1ccc(C#N)c(Cl)c1. The number of ether oxygens (including phenoxy) is 3. The predicted molar refractivity (Wildman–Crippen MR) is 112 cm³/mol. The minimum atomic E-state index is -1.06. The molecule has 1 atom stereocenters. The van der Waals surface area contributed by atoms with Crippen LogP contribution in [0.3, 0.4) is 0 Å². The molecule has 0 fully saturated rings. The molecule has 3 rings (SSSR count). The Bertz CT molecular complexity index is 1060. The van der Waals surface area contributed by atoms with Crippen molar-refractivity contribution < 1.29 is 23.8 Å². The highest BCUT2D eigenvalue weighted by Gasteiger charge is 2.18. The summed E-state index contributed by atoms with van der Waals surface area (Å²) in [6.45, 7) is 2.27. The maximum Gasteiger partial charge on any atom is 0.331 e. The molecule has 2 aromatic carbocycles. The molecule has 0 radical (unpaired) electrons. The lowest BCUT2D eigenvalue weighted by atomic mass is 10.2. The van der Waals surface area contributed by atoms with Crippen LogP contribution in [-0.2, 0) is 14.3 Å². The van der Waals surface area contributed by atoms with Crippen molar-refractivity contribution in [3.05, 3.63) is 57.6 Å². The fourth-order valence-corrected chi connectivity index (χ4v) is 3.08. The molecule has 0 aromatic heterocycles. The van der Waals surface area contributed by atoms with Crippen LogP contribution in [0.4, 0.5) is 5.69 Å². The first-order chi connectivity index (χ1) is 14.4. The quantitative estimate of drug-likeness (QED) is 0.545. The van der Waals surface area contributed by atoms with Gasteiger partial charge in [0, 0.05) is 11.8 Å². The van der Waals surface area contributed by atoms with Crippen molar-refractivity contribution in [1.29, 1.82) is 5.26 Å². The maximum atomic E-state index is 12.2. The van der Waals surface area contributed by atoms with E-state index in [2.05, 4.69) is 5.32 Å². The molecule has 0 unspecified atom stereocenters. The number of fused-ring (bicyclic) bond motifs is 1. The third kappa shape index (κ3) is 5.23. The van der Waals surface area contributed by atoms with E-state index in [0.29, 0.717) is 46.5 Å². The van der Waals surface area contributed by atoms with Crippen molar-refractivity contribution >= 4 is 46.8 Å². The van der Waals surface area contributed by atoms with E-state index in [1.165, 1.54) is 37.3 Å². The molecule has 9 heteroatoms. The first-order valence-electron chi connectivity index (χ1n) is 8.85. The number of anilines is 1. The zero-order chi connectivity index (χ0) is 21.7. The Morgan fingerprint density at radius 3 is 2.70 bits per heavy atom. The second-order valence-corrected chi connectivity index (χ2v) is 7.05. The number of carbonyl (C=O) groups excluding carboxylic acids is 2. The minimum Gasteiger partial charge on any atom is -0.486 e. The molecule has 1 aliphatic rings. The van der Waals surface area contributed by atoms with Crippen molar-refractivity contribution in [1.82, 2.24) is 0 Å². The second-order valence-electron chi connectivity index (χ2n) is 6.24. The summed E-state index contributed by atoms with van der Waals surface area (Å²) in [5.74, 6) is -0.284. The smallest absolute Gasteiger partial charge is 0.331 e. The van der Waals surface area contributed by atoms with Gasteiger partial charge in [-0.25, -0.2) is 4.79 Å². The summed E-state index contributed by atoms with van der Waals surface area (Å²) < 4.78 is 16.0. The molecule has 0 saturated carbocycles. The van der Waals surface area contributed by atoms with Gasteiger partial charge in [0.1, 0.15) is 19.3 Å². The van der Waals surface area contributed by atoms with E-state index < -0.39 is 18.0 Å². The highest BCUT2D eigenvalue weighted by molar-refractivity contribution is 6.32. The Morgan fingerprint density at radius 2 is 1.97 bits per heavy atom. The number of nitrogens with zero attached hydrogens (tertiary/aromatic N) is 1. The molecule has 1 aliphatic heterocycles. The fourth-order valence-electron chi connectivity index (χ4n) is 2.59. The van der Waals surface area contributed by atoms with Crippen molar-refractivity contribution in [3.63, 3.8) is 0 Å². The highest BCUT2D eigenvalue weighted by Crippen LogP contribution is 2.38. The molecule has 0 aliphatic carbocycles. The molecule has 2 aromatic rings. The lowest BCUT2D eigenvalue weighted by Gasteiger charge is -2.19. The van der Waals surface area contributed by atoms with Gasteiger partial charge in [-0.05, 0) is 48.9 Å². The van der Waals surface area contributed by atoms with Crippen LogP contribution in [0, 0.1) is 11.3 Å². The number of carbonyl (C=O) groups is 2. The van der Waals surface area contributed by atoms with Gasteiger partial charge in [-0.2, -0.15) is 5.26 Å². The fraction of sp³-hybridized carbons (Fsp3) is 0.190. The Balaban J connectivity index is 1.59. The summed E-state index contributed by atoms with van der Waals surface area (Å²) in [6.07, 6.45) is 1.63. The van der Waals surface area contributed by atoms with E-state index in [1.807, 2.05) is 6.07 Å². The molecular weight excluding hydrogens is 431 g/mol. The molecule has 7 nitrogen and oxygen atoms in total. The van der Waals surface area contributed by atoms with E-state index in [1.54, 1.807) is 12.1 Å². The van der Waals surface area contributed by atoms with Crippen molar-refractivity contribution in [3.8, 4) is 17.6 Å². The third-order valence-corrected chi connectivity index (χ3v) is 4.64. The predicted octanol–water partition coefficient (Wildman–Crippen LogP) is 4.22. The number of hydrogen-bond acceptors (Lipinski definition) is 6. The molecular formula is C21H16Cl2N2O5. The van der Waals surface area contributed by atoms with Crippen molar-refractivity contribution in [2.75, 3.05) is 18.5 Å². The molecule has 0 bridgehead atoms. The standard InChI is InChI=1S/C21H16Cl2N2O5/c1-12(21(27)25-15-4-3-14(11-24)16(22)10-15)30-19(26)5-2-13-8-17(23)20-18(9-13)28-6-7-29-20/h2-5,8-10,12H,6-7H2,1H3,(H,25,27)/b5-2-/t12-/m1/s1. The van der Waals surface area contributed by atoms with Gasteiger partial charge >= 0.3 is 5.97 Å². The van der Waals surface area contributed by atoms with Crippen LogP contribution in [-0.4, -0.2) is 31.2 Å². The summed E-state index contributed by atoms with van der Waals surface area (Å²) in [7, 11) is 0. The molecule has 0 saturated heterocycles. The van der Waals surface area contributed by atoms with Gasteiger partial charge in [0.25, 0.3) is 5.91 Å². The summed E-state index contributed by atoms with van der Waals surface area (Å²) in [5.41, 5.74) is 1.29. The number of benzene rings is 2. The Labute approximate surface area is 182 Å². The maximum absolute atomic E-state index is 12.2. The third-order valence-electron chi connectivity index (χ3n) is 4.05. The molecule has 154 valence electrons. The second kappa shape index (κ2) is 9.53. The summed E-state index contributed by atoms with van der Waals surface area (Å²) in [6, 6.07) is 9.70. The number of hydrogen-bond donors (Lipinski definition) is 1. The Morgan fingerprint density at radius 1 is 1.20 bits per heavy atom. The Kier molecular flexibility index (Phi) is 6.83. The van der Waals surface area contributed by atoms with Crippen LogP contribution in [0.25, 0.3) is 6.08 Å².